The van der Waals surface area contributed by atoms with Crippen molar-refractivity contribution < 1.29 is 27.4 Å². The van der Waals surface area contributed by atoms with E-state index < -0.39 is 11.7 Å². The lowest BCUT2D eigenvalue weighted by Crippen LogP contribution is -2.44. The average molecular weight is 451 g/mol. The van der Waals surface area contributed by atoms with Crippen molar-refractivity contribution >= 4 is 5.91 Å². The van der Waals surface area contributed by atoms with E-state index in [9.17, 15) is 18.0 Å². The number of alkyl halides is 3. The third kappa shape index (κ3) is 6.97. The number of ether oxygens (including phenoxy) is 2. The molecule has 1 aliphatic rings. The number of benzene rings is 2. The monoisotopic (exact) mass is 450 g/mol. The molecule has 8 heteroatoms. The minimum Gasteiger partial charge on any atom is -0.491 e. The molecular formula is C24H29F3N2O3. The van der Waals surface area contributed by atoms with Gasteiger partial charge in [0, 0.05) is 19.6 Å². The van der Waals surface area contributed by atoms with E-state index in [1.807, 2.05) is 38.1 Å². The summed E-state index contributed by atoms with van der Waals surface area (Å²) in [7, 11) is 0. The molecule has 1 fully saturated rings. The third-order valence-electron chi connectivity index (χ3n) is 5.24. The summed E-state index contributed by atoms with van der Waals surface area (Å²) in [6.45, 7) is 6.57. The van der Waals surface area contributed by atoms with Crippen molar-refractivity contribution in [3.05, 3.63) is 65.2 Å². The summed E-state index contributed by atoms with van der Waals surface area (Å²) in [6, 6.07) is 12.3. The Kier molecular flexibility index (Phi) is 8.15. The predicted octanol–water partition coefficient (Wildman–Crippen LogP) is 4.22. The van der Waals surface area contributed by atoms with Gasteiger partial charge in [-0.1, -0.05) is 24.3 Å². The molecule has 1 unspecified atom stereocenters. The molecule has 1 N–H and O–H groups in total. The molecule has 1 amide bonds. The lowest BCUT2D eigenvalue weighted by molar-refractivity contribution is -0.137. The van der Waals surface area contributed by atoms with Crippen molar-refractivity contribution in [1.82, 2.24) is 10.2 Å². The van der Waals surface area contributed by atoms with Gasteiger partial charge in [0.25, 0.3) is 0 Å². The molecule has 0 bridgehead atoms. The molecule has 1 atom stereocenters. The largest absolute Gasteiger partial charge is 0.491 e. The fraction of sp³-hybridized carbons (Fsp3) is 0.458. The van der Waals surface area contributed by atoms with Crippen molar-refractivity contribution in [2.75, 3.05) is 32.8 Å². The average Bonchev–Trinajstić information content (AvgIpc) is 2.74. The Bertz CT molecular complexity index is 879. The molecular weight excluding hydrogens is 421 g/mol. The summed E-state index contributed by atoms with van der Waals surface area (Å²) in [5.74, 6) is 0.554. The molecule has 2 aromatic rings. The standard InChI is InChI=1S/C24H29F3N2O3/c1-17(2)32-21-5-3-4-18(14-21)15-23(30)28-16-22(29-10-12-31-13-11-29)19-6-8-20(9-7-19)24(25,26)27/h3-9,14,17,22H,10-13,15-16H2,1-2H3,(H,28,30). The van der Waals surface area contributed by atoms with E-state index in [2.05, 4.69) is 10.2 Å². The minimum atomic E-state index is -4.38. The number of hydrogen-bond donors (Lipinski definition) is 1. The van der Waals surface area contributed by atoms with Gasteiger partial charge in [-0.2, -0.15) is 13.2 Å². The lowest BCUT2D eigenvalue weighted by atomic mass is 10.0. The van der Waals surface area contributed by atoms with Gasteiger partial charge in [-0.05, 0) is 49.2 Å². The summed E-state index contributed by atoms with van der Waals surface area (Å²) in [4.78, 5) is 14.7. The number of carbonyl (C=O) groups excluding carboxylic acids is 1. The van der Waals surface area contributed by atoms with Crippen LogP contribution >= 0.6 is 0 Å². The Morgan fingerprint density at radius 2 is 1.81 bits per heavy atom. The summed E-state index contributed by atoms with van der Waals surface area (Å²) in [5.41, 5.74) is 0.875. The first-order chi connectivity index (χ1) is 15.2. The summed E-state index contributed by atoms with van der Waals surface area (Å²) in [6.07, 6.45) is -4.15. The van der Waals surface area contributed by atoms with Crippen LogP contribution in [0.5, 0.6) is 5.75 Å². The Hall–Kier alpha value is -2.58. The molecule has 2 aromatic carbocycles. The summed E-state index contributed by atoms with van der Waals surface area (Å²) >= 11 is 0. The quantitative estimate of drug-likeness (QED) is 0.654. The van der Waals surface area contributed by atoms with Gasteiger partial charge in [0.1, 0.15) is 5.75 Å². The number of hydrogen-bond acceptors (Lipinski definition) is 4. The Balaban J connectivity index is 1.67. The van der Waals surface area contributed by atoms with Crippen LogP contribution in [-0.4, -0.2) is 49.8 Å². The number of nitrogens with zero attached hydrogens (tertiary/aromatic N) is 1. The molecule has 1 aliphatic heterocycles. The predicted molar refractivity (Wildman–Crippen MR) is 115 cm³/mol. The summed E-state index contributed by atoms with van der Waals surface area (Å²) in [5, 5.41) is 2.95. The van der Waals surface area contributed by atoms with E-state index in [4.69, 9.17) is 9.47 Å². The van der Waals surface area contributed by atoms with Crippen LogP contribution in [0.15, 0.2) is 48.5 Å². The maximum absolute atomic E-state index is 12.9. The van der Waals surface area contributed by atoms with Crippen molar-refractivity contribution in [3.8, 4) is 5.75 Å². The second kappa shape index (κ2) is 10.8. The highest BCUT2D eigenvalue weighted by Crippen LogP contribution is 2.31. The van der Waals surface area contributed by atoms with E-state index in [1.54, 1.807) is 0 Å². The zero-order valence-corrected chi connectivity index (χ0v) is 18.3. The molecule has 5 nitrogen and oxygen atoms in total. The molecule has 1 saturated heterocycles. The van der Waals surface area contributed by atoms with Crippen LogP contribution < -0.4 is 10.1 Å². The number of amides is 1. The molecule has 3 rings (SSSR count). The maximum atomic E-state index is 12.9. The van der Waals surface area contributed by atoms with Crippen LogP contribution in [0, 0.1) is 0 Å². The van der Waals surface area contributed by atoms with Gasteiger partial charge >= 0.3 is 6.18 Å². The van der Waals surface area contributed by atoms with Crippen molar-refractivity contribution in [1.29, 1.82) is 0 Å². The first-order valence-corrected chi connectivity index (χ1v) is 10.7. The minimum absolute atomic E-state index is 0.0390. The highest BCUT2D eigenvalue weighted by molar-refractivity contribution is 5.78. The second-order valence-electron chi connectivity index (χ2n) is 8.08. The number of nitrogens with one attached hydrogen (secondary N) is 1. The van der Waals surface area contributed by atoms with Crippen LogP contribution in [0.3, 0.4) is 0 Å². The molecule has 0 aromatic heterocycles. The fourth-order valence-corrected chi connectivity index (χ4v) is 3.70. The highest BCUT2D eigenvalue weighted by Gasteiger charge is 2.31. The van der Waals surface area contributed by atoms with Gasteiger partial charge < -0.3 is 14.8 Å². The molecule has 0 saturated carbocycles. The van der Waals surface area contributed by atoms with Gasteiger partial charge in [-0.3, -0.25) is 9.69 Å². The number of halogens is 3. The molecule has 1 heterocycles. The van der Waals surface area contributed by atoms with E-state index >= 15 is 0 Å². The van der Waals surface area contributed by atoms with Crippen LogP contribution in [0.1, 0.15) is 36.6 Å². The van der Waals surface area contributed by atoms with Gasteiger partial charge in [0.05, 0.1) is 37.3 Å². The van der Waals surface area contributed by atoms with E-state index in [0.717, 1.165) is 23.3 Å². The topological polar surface area (TPSA) is 50.8 Å². The van der Waals surface area contributed by atoms with Crippen LogP contribution in [-0.2, 0) is 22.1 Å². The van der Waals surface area contributed by atoms with Crippen molar-refractivity contribution in [2.24, 2.45) is 0 Å². The first kappa shape index (κ1) is 24.1. The fourth-order valence-electron chi connectivity index (χ4n) is 3.70. The number of carbonyl (C=O) groups is 1. The molecule has 0 aliphatic carbocycles. The van der Waals surface area contributed by atoms with E-state index in [0.29, 0.717) is 38.6 Å². The molecule has 32 heavy (non-hydrogen) atoms. The molecule has 174 valence electrons. The second-order valence-corrected chi connectivity index (χ2v) is 8.08. The van der Waals surface area contributed by atoms with E-state index in [1.165, 1.54) is 12.1 Å². The smallest absolute Gasteiger partial charge is 0.416 e. The Morgan fingerprint density at radius 3 is 2.44 bits per heavy atom. The van der Waals surface area contributed by atoms with E-state index in [-0.39, 0.29) is 24.5 Å². The van der Waals surface area contributed by atoms with Crippen molar-refractivity contribution in [3.63, 3.8) is 0 Å². The van der Waals surface area contributed by atoms with Crippen molar-refractivity contribution in [2.45, 2.75) is 38.6 Å². The Morgan fingerprint density at radius 1 is 1.12 bits per heavy atom. The zero-order chi connectivity index (χ0) is 23.1. The SMILES string of the molecule is CC(C)Oc1cccc(CC(=O)NCC(c2ccc(C(F)(F)F)cc2)N2CCOCC2)c1. The van der Waals surface area contributed by atoms with Gasteiger partial charge in [0.2, 0.25) is 5.91 Å². The highest BCUT2D eigenvalue weighted by atomic mass is 19.4. The van der Waals surface area contributed by atoms with Crippen LogP contribution in [0.4, 0.5) is 13.2 Å². The van der Waals surface area contributed by atoms with Gasteiger partial charge in [-0.15, -0.1) is 0 Å². The van der Waals surface area contributed by atoms with Crippen LogP contribution in [0.25, 0.3) is 0 Å². The van der Waals surface area contributed by atoms with Crippen LogP contribution in [0.2, 0.25) is 0 Å². The molecule has 0 spiro atoms. The zero-order valence-electron chi connectivity index (χ0n) is 18.3. The summed E-state index contributed by atoms with van der Waals surface area (Å²) < 4.78 is 49.9. The van der Waals surface area contributed by atoms with Gasteiger partial charge in [0.15, 0.2) is 0 Å². The van der Waals surface area contributed by atoms with Gasteiger partial charge in [-0.25, -0.2) is 0 Å². The molecule has 0 radical (unpaired) electrons. The lowest BCUT2D eigenvalue weighted by Gasteiger charge is -2.35. The third-order valence-corrected chi connectivity index (χ3v) is 5.24. The maximum Gasteiger partial charge on any atom is 0.416 e. The number of morpholine rings is 1. The Labute approximate surface area is 186 Å². The normalized spacial score (nSPS) is 16.1. The number of rotatable bonds is 8. The first-order valence-electron chi connectivity index (χ1n) is 10.7.